The summed E-state index contributed by atoms with van der Waals surface area (Å²) in [5, 5.41) is 8.28. The molecule has 1 N–H and O–H groups in total. The SMILES string of the molecule is C=C/C=C(\O)C=O. The quantitative estimate of drug-likeness (QED) is 0.240. The minimum Gasteiger partial charge on any atom is -0.505 e. The Kier molecular flexibility index (Phi) is 2.68. The lowest BCUT2D eigenvalue weighted by molar-refractivity contribution is -0.106. The Morgan fingerprint density at radius 3 is 2.43 bits per heavy atom. The van der Waals surface area contributed by atoms with Gasteiger partial charge in [0.1, 0.15) is 0 Å². The number of allylic oxidation sites excluding steroid dienone is 3. The van der Waals surface area contributed by atoms with Crippen LogP contribution in [0, 0.1) is 0 Å². The molecule has 0 aliphatic heterocycles. The molecule has 0 aromatic rings. The van der Waals surface area contributed by atoms with E-state index in [0.29, 0.717) is 6.29 Å². The Morgan fingerprint density at radius 2 is 2.29 bits per heavy atom. The van der Waals surface area contributed by atoms with Gasteiger partial charge in [0, 0.05) is 0 Å². The number of carbonyl (C=O) groups excluding carboxylic acids is 1. The first-order valence-electron chi connectivity index (χ1n) is 1.78. The van der Waals surface area contributed by atoms with Gasteiger partial charge in [-0.05, 0) is 6.08 Å². The zero-order chi connectivity index (χ0) is 5.70. The van der Waals surface area contributed by atoms with Crippen LogP contribution in [0.1, 0.15) is 0 Å². The first-order valence-corrected chi connectivity index (χ1v) is 1.78. The van der Waals surface area contributed by atoms with Crippen LogP contribution in [0.25, 0.3) is 0 Å². The van der Waals surface area contributed by atoms with Gasteiger partial charge in [-0.15, -0.1) is 0 Å². The molecule has 0 aromatic heterocycles. The highest BCUT2D eigenvalue weighted by atomic mass is 16.3. The van der Waals surface area contributed by atoms with E-state index in [1.54, 1.807) is 0 Å². The standard InChI is InChI=1S/C5H6O2/c1-2-3-5(7)4-6/h2-4,7H,1H2/b5-3-. The van der Waals surface area contributed by atoms with Crippen molar-refractivity contribution in [2.75, 3.05) is 0 Å². The van der Waals surface area contributed by atoms with Crippen LogP contribution in [-0.2, 0) is 4.79 Å². The highest BCUT2D eigenvalue weighted by Crippen LogP contribution is 1.78. The third kappa shape index (κ3) is 2.76. The summed E-state index contributed by atoms with van der Waals surface area (Å²) in [5.74, 6) is -0.296. The van der Waals surface area contributed by atoms with Gasteiger partial charge in [0.2, 0.25) is 0 Å². The number of hydrogen-bond donors (Lipinski definition) is 1. The molecule has 0 aliphatic rings. The molecule has 0 radical (unpaired) electrons. The number of aldehydes is 1. The molecule has 2 nitrogen and oxygen atoms in total. The maximum absolute atomic E-state index is 9.53. The zero-order valence-electron chi connectivity index (χ0n) is 3.79. The molecule has 0 aliphatic carbocycles. The molecule has 0 fully saturated rings. The lowest BCUT2D eigenvalue weighted by atomic mass is 10.5. The second kappa shape index (κ2) is 3.15. The van der Waals surface area contributed by atoms with Crippen LogP contribution in [0.2, 0.25) is 0 Å². The van der Waals surface area contributed by atoms with Gasteiger partial charge in [0.05, 0.1) is 0 Å². The van der Waals surface area contributed by atoms with E-state index < -0.39 is 0 Å². The first kappa shape index (κ1) is 5.95. The van der Waals surface area contributed by atoms with Crippen molar-refractivity contribution in [2.45, 2.75) is 0 Å². The van der Waals surface area contributed by atoms with Crippen molar-refractivity contribution in [2.24, 2.45) is 0 Å². The van der Waals surface area contributed by atoms with Gasteiger partial charge >= 0.3 is 0 Å². The average Bonchev–Trinajstić information content (AvgIpc) is 1.68. The monoisotopic (exact) mass is 98.0 g/mol. The maximum atomic E-state index is 9.53. The molecule has 0 bridgehead atoms. The van der Waals surface area contributed by atoms with Gasteiger partial charge in [-0.1, -0.05) is 12.7 Å². The summed E-state index contributed by atoms with van der Waals surface area (Å²) in [6, 6.07) is 0. The Hall–Kier alpha value is -1.05. The van der Waals surface area contributed by atoms with Gasteiger partial charge < -0.3 is 5.11 Å². The van der Waals surface area contributed by atoms with Gasteiger partial charge in [-0.3, -0.25) is 4.79 Å². The first-order chi connectivity index (χ1) is 3.31. The van der Waals surface area contributed by atoms with Crippen LogP contribution in [0.4, 0.5) is 0 Å². The molecule has 2 heteroatoms. The Balaban J connectivity index is 3.72. The summed E-state index contributed by atoms with van der Waals surface area (Å²) in [5.41, 5.74) is 0. The lowest BCUT2D eigenvalue weighted by Gasteiger charge is -1.76. The second-order valence-electron chi connectivity index (χ2n) is 0.945. The van der Waals surface area contributed by atoms with Gasteiger partial charge in [-0.25, -0.2) is 0 Å². The molecule has 7 heavy (non-hydrogen) atoms. The summed E-state index contributed by atoms with van der Waals surface area (Å²) >= 11 is 0. The summed E-state index contributed by atoms with van der Waals surface area (Å²) in [6.07, 6.45) is 2.90. The summed E-state index contributed by atoms with van der Waals surface area (Å²) in [7, 11) is 0. The second-order valence-corrected chi connectivity index (χ2v) is 0.945. The predicted molar refractivity (Wildman–Crippen MR) is 27.0 cm³/mol. The summed E-state index contributed by atoms with van der Waals surface area (Å²) < 4.78 is 0. The Labute approximate surface area is 41.8 Å². The minimum absolute atomic E-state index is 0.296. The third-order valence-corrected chi connectivity index (χ3v) is 0.409. The maximum Gasteiger partial charge on any atom is 0.184 e. The van der Waals surface area contributed by atoms with Gasteiger partial charge in [-0.2, -0.15) is 0 Å². The molecule has 0 unspecified atom stereocenters. The van der Waals surface area contributed by atoms with E-state index in [-0.39, 0.29) is 5.76 Å². The molecule has 0 atom stereocenters. The molecule has 0 heterocycles. The molecule has 38 valence electrons. The topological polar surface area (TPSA) is 37.3 Å². The summed E-state index contributed by atoms with van der Waals surface area (Å²) in [6.45, 7) is 3.25. The van der Waals surface area contributed by atoms with Crippen LogP contribution in [0.5, 0.6) is 0 Å². The van der Waals surface area contributed by atoms with E-state index in [9.17, 15) is 4.79 Å². The summed E-state index contributed by atoms with van der Waals surface area (Å²) in [4.78, 5) is 9.53. The van der Waals surface area contributed by atoms with Crippen LogP contribution >= 0.6 is 0 Å². The van der Waals surface area contributed by atoms with Crippen molar-refractivity contribution in [1.29, 1.82) is 0 Å². The molecule has 0 saturated heterocycles. The smallest absolute Gasteiger partial charge is 0.184 e. The van der Waals surface area contributed by atoms with Gasteiger partial charge in [0.15, 0.2) is 12.0 Å². The third-order valence-electron chi connectivity index (χ3n) is 0.409. The highest BCUT2D eigenvalue weighted by Gasteiger charge is 1.77. The van der Waals surface area contributed by atoms with E-state index in [2.05, 4.69) is 6.58 Å². The van der Waals surface area contributed by atoms with E-state index in [0.717, 1.165) is 0 Å². The largest absolute Gasteiger partial charge is 0.505 e. The van der Waals surface area contributed by atoms with E-state index in [4.69, 9.17) is 5.11 Å². The number of carbonyl (C=O) groups is 1. The number of rotatable bonds is 2. The molecular weight excluding hydrogens is 92.1 g/mol. The number of hydrogen-bond acceptors (Lipinski definition) is 2. The fourth-order valence-electron chi connectivity index (χ4n) is 0.160. The van der Waals surface area contributed by atoms with Crippen LogP contribution in [0.3, 0.4) is 0 Å². The minimum atomic E-state index is -0.296. The molecule has 0 amide bonds. The number of aliphatic hydroxyl groups excluding tert-OH is 1. The van der Waals surface area contributed by atoms with Crippen molar-refractivity contribution in [3.63, 3.8) is 0 Å². The fraction of sp³-hybridized carbons (Fsp3) is 0. The Morgan fingerprint density at radius 1 is 1.71 bits per heavy atom. The lowest BCUT2D eigenvalue weighted by Crippen LogP contribution is -1.76. The van der Waals surface area contributed by atoms with Crippen LogP contribution < -0.4 is 0 Å². The van der Waals surface area contributed by atoms with Crippen LogP contribution in [-0.4, -0.2) is 11.4 Å². The van der Waals surface area contributed by atoms with Crippen molar-refractivity contribution >= 4 is 6.29 Å². The van der Waals surface area contributed by atoms with Gasteiger partial charge in [0.25, 0.3) is 0 Å². The highest BCUT2D eigenvalue weighted by molar-refractivity contribution is 5.69. The van der Waals surface area contributed by atoms with E-state index in [1.807, 2.05) is 0 Å². The molecule has 0 saturated carbocycles. The predicted octanol–water partition coefficient (Wildman–Crippen LogP) is 0.813. The van der Waals surface area contributed by atoms with Crippen LogP contribution in [0.15, 0.2) is 24.5 Å². The van der Waals surface area contributed by atoms with Crippen molar-refractivity contribution in [3.05, 3.63) is 24.5 Å². The van der Waals surface area contributed by atoms with Crippen molar-refractivity contribution in [1.82, 2.24) is 0 Å². The fourth-order valence-corrected chi connectivity index (χ4v) is 0.160. The zero-order valence-corrected chi connectivity index (χ0v) is 3.79. The average molecular weight is 98.1 g/mol. The van der Waals surface area contributed by atoms with Crippen molar-refractivity contribution < 1.29 is 9.90 Å². The number of aliphatic hydroxyl groups is 1. The van der Waals surface area contributed by atoms with E-state index in [1.165, 1.54) is 12.2 Å². The molecule has 0 rings (SSSR count). The Bertz CT molecular complexity index is 103. The molecule has 0 spiro atoms. The van der Waals surface area contributed by atoms with E-state index >= 15 is 0 Å². The van der Waals surface area contributed by atoms with Crippen molar-refractivity contribution in [3.8, 4) is 0 Å². The molecular formula is C5H6O2. The molecule has 0 aromatic carbocycles. The normalized spacial score (nSPS) is 10.6.